The van der Waals surface area contributed by atoms with Crippen LogP contribution in [0, 0.1) is 0 Å². The van der Waals surface area contributed by atoms with Crippen molar-refractivity contribution in [3.8, 4) is 5.75 Å². The first-order chi connectivity index (χ1) is 9.49. The molecule has 0 aliphatic heterocycles. The maximum atomic E-state index is 11.5. The van der Waals surface area contributed by atoms with Crippen LogP contribution in [-0.4, -0.2) is 19.7 Å². The molecular weight excluding hydrogens is 276 g/mol. The zero-order valence-electron chi connectivity index (χ0n) is 11.1. The van der Waals surface area contributed by atoms with Gasteiger partial charge in [-0.05, 0) is 30.3 Å². The average Bonchev–Trinajstić information content (AvgIpc) is 2.45. The molecule has 0 amide bonds. The van der Waals surface area contributed by atoms with Gasteiger partial charge in [-0.1, -0.05) is 12.1 Å². The van der Waals surface area contributed by atoms with E-state index in [9.17, 15) is 8.42 Å². The fourth-order valence-electron chi connectivity index (χ4n) is 1.68. The van der Waals surface area contributed by atoms with Gasteiger partial charge in [0.1, 0.15) is 12.4 Å². The van der Waals surface area contributed by atoms with E-state index in [1.165, 1.54) is 18.4 Å². The molecule has 2 aromatic rings. The molecule has 2 N–H and O–H groups in total. The number of nitrogens with two attached hydrogens (primary N) is 1. The molecule has 0 unspecified atom stereocenters. The Hall–Kier alpha value is -1.92. The fourth-order valence-corrected chi connectivity index (χ4v) is 2.33. The topological polar surface area (TPSA) is 82.3 Å². The van der Waals surface area contributed by atoms with Crippen molar-refractivity contribution >= 4 is 9.84 Å². The van der Waals surface area contributed by atoms with Crippen LogP contribution in [0.25, 0.3) is 0 Å². The monoisotopic (exact) mass is 292 g/mol. The van der Waals surface area contributed by atoms with E-state index in [1.807, 2.05) is 18.2 Å². The molecule has 0 fully saturated rings. The fraction of sp³-hybridized carbons (Fsp3) is 0.214. The number of hydrogen-bond donors (Lipinski definition) is 1. The standard InChI is InChI=1S/C14H16N2O3S/c1-20(17,18)14-7-3-6-13(8-14)19-10-12-5-2-4-11(9-15)16-12/h2-8H,9-10,15H2,1H3. The Morgan fingerprint density at radius 3 is 2.55 bits per heavy atom. The molecule has 0 saturated heterocycles. The third kappa shape index (κ3) is 3.79. The van der Waals surface area contributed by atoms with Gasteiger partial charge in [-0.3, -0.25) is 4.98 Å². The van der Waals surface area contributed by atoms with Crippen LogP contribution in [0.15, 0.2) is 47.4 Å². The summed E-state index contributed by atoms with van der Waals surface area (Å²) in [6.45, 7) is 0.637. The third-order valence-electron chi connectivity index (χ3n) is 2.69. The molecule has 106 valence electrons. The van der Waals surface area contributed by atoms with E-state index in [0.29, 0.717) is 12.3 Å². The predicted octanol–water partition coefficient (Wildman–Crippen LogP) is 1.52. The first-order valence-corrected chi connectivity index (χ1v) is 7.96. The molecule has 0 spiro atoms. The van der Waals surface area contributed by atoms with Gasteiger partial charge in [0.05, 0.1) is 16.3 Å². The van der Waals surface area contributed by atoms with Gasteiger partial charge in [-0.15, -0.1) is 0 Å². The van der Waals surface area contributed by atoms with Gasteiger partial charge in [0.15, 0.2) is 9.84 Å². The Labute approximate surface area is 118 Å². The van der Waals surface area contributed by atoms with Crippen molar-refractivity contribution in [2.75, 3.05) is 6.26 Å². The summed E-state index contributed by atoms with van der Waals surface area (Å²) >= 11 is 0. The lowest BCUT2D eigenvalue weighted by Gasteiger charge is -2.08. The first kappa shape index (κ1) is 14.5. The molecule has 1 heterocycles. The quantitative estimate of drug-likeness (QED) is 0.903. The summed E-state index contributed by atoms with van der Waals surface area (Å²) in [6.07, 6.45) is 1.17. The zero-order valence-corrected chi connectivity index (χ0v) is 11.9. The number of nitrogens with zero attached hydrogens (tertiary/aromatic N) is 1. The normalized spacial score (nSPS) is 11.3. The summed E-state index contributed by atoms with van der Waals surface area (Å²) in [7, 11) is -3.23. The van der Waals surface area contributed by atoms with Crippen molar-refractivity contribution in [2.24, 2.45) is 5.73 Å². The highest BCUT2D eigenvalue weighted by atomic mass is 32.2. The number of benzene rings is 1. The molecule has 0 bridgehead atoms. The Kier molecular flexibility index (Phi) is 4.36. The molecule has 0 atom stereocenters. The lowest BCUT2D eigenvalue weighted by atomic mass is 10.3. The Morgan fingerprint density at radius 1 is 1.15 bits per heavy atom. The molecule has 5 nitrogen and oxygen atoms in total. The number of aromatic nitrogens is 1. The smallest absolute Gasteiger partial charge is 0.175 e. The highest BCUT2D eigenvalue weighted by Crippen LogP contribution is 2.18. The van der Waals surface area contributed by atoms with Gasteiger partial charge in [-0.2, -0.15) is 0 Å². The molecule has 2 rings (SSSR count). The highest BCUT2D eigenvalue weighted by Gasteiger charge is 2.08. The summed E-state index contributed by atoms with van der Waals surface area (Å²) in [4.78, 5) is 4.54. The average molecular weight is 292 g/mol. The number of hydrogen-bond acceptors (Lipinski definition) is 5. The van der Waals surface area contributed by atoms with Crippen LogP contribution in [0.2, 0.25) is 0 Å². The Morgan fingerprint density at radius 2 is 1.85 bits per heavy atom. The highest BCUT2D eigenvalue weighted by molar-refractivity contribution is 7.90. The summed E-state index contributed by atoms with van der Waals surface area (Å²) in [5, 5.41) is 0. The molecule has 20 heavy (non-hydrogen) atoms. The molecule has 0 saturated carbocycles. The first-order valence-electron chi connectivity index (χ1n) is 6.07. The van der Waals surface area contributed by atoms with E-state index in [4.69, 9.17) is 10.5 Å². The van der Waals surface area contributed by atoms with E-state index in [-0.39, 0.29) is 11.5 Å². The maximum Gasteiger partial charge on any atom is 0.175 e. The minimum atomic E-state index is -3.23. The Balaban J connectivity index is 2.11. The lowest BCUT2D eigenvalue weighted by molar-refractivity contribution is 0.300. The van der Waals surface area contributed by atoms with Gasteiger partial charge in [0.2, 0.25) is 0 Å². The van der Waals surface area contributed by atoms with Crippen molar-refractivity contribution in [3.05, 3.63) is 53.9 Å². The van der Waals surface area contributed by atoms with E-state index in [2.05, 4.69) is 4.98 Å². The molecule has 0 aliphatic rings. The molecule has 0 aliphatic carbocycles. The lowest BCUT2D eigenvalue weighted by Crippen LogP contribution is -2.04. The molecule has 1 aromatic carbocycles. The van der Waals surface area contributed by atoms with Crippen molar-refractivity contribution in [3.63, 3.8) is 0 Å². The largest absolute Gasteiger partial charge is 0.487 e. The molecule has 0 radical (unpaired) electrons. The maximum absolute atomic E-state index is 11.5. The number of ether oxygens (including phenoxy) is 1. The second-order valence-corrected chi connectivity index (χ2v) is 6.38. The van der Waals surface area contributed by atoms with Crippen molar-refractivity contribution in [2.45, 2.75) is 18.0 Å². The van der Waals surface area contributed by atoms with Crippen molar-refractivity contribution < 1.29 is 13.2 Å². The Bertz CT molecular complexity index is 699. The van der Waals surface area contributed by atoms with E-state index in [0.717, 1.165) is 11.4 Å². The van der Waals surface area contributed by atoms with Crippen LogP contribution in [0.5, 0.6) is 5.75 Å². The van der Waals surface area contributed by atoms with Gasteiger partial charge in [-0.25, -0.2) is 8.42 Å². The number of pyridine rings is 1. The minimum absolute atomic E-state index is 0.235. The number of sulfone groups is 1. The van der Waals surface area contributed by atoms with E-state index >= 15 is 0 Å². The van der Waals surface area contributed by atoms with Crippen LogP contribution in [0.1, 0.15) is 11.4 Å². The van der Waals surface area contributed by atoms with Gasteiger partial charge in [0.25, 0.3) is 0 Å². The zero-order chi connectivity index (χ0) is 14.6. The van der Waals surface area contributed by atoms with Gasteiger partial charge < -0.3 is 10.5 Å². The summed E-state index contributed by atoms with van der Waals surface area (Å²) in [5.41, 5.74) is 7.06. The predicted molar refractivity (Wildman–Crippen MR) is 76.0 cm³/mol. The summed E-state index contributed by atoms with van der Waals surface area (Å²) in [5.74, 6) is 0.493. The summed E-state index contributed by atoms with van der Waals surface area (Å²) < 4.78 is 28.5. The van der Waals surface area contributed by atoms with E-state index in [1.54, 1.807) is 12.1 Å². The van der Waals surface area contributed by atoms with Crippen molar-refractivity contribution in [1.29, 1.82) is 0 Å². The van der Waals surface area contributed by atoms with Crippen LogP contribution in [0.4, 0.5) is 0 Å². The molecule has 6 heteroatoms. The van der Waals surface area contributed by atoms with E-state index < -0.39 is 9.84 Å². The minimum Gasteiger partial charge on any atom is -0.487 e. The van der Waals surface area contributed by atoms with Gasteiger partial charge >= 0.3 is 0 Å². The molecule has 1 aromatic heterocycles. The SMILES string of the molecule is CS(=O)(=O)c1cccc(OCc2cccc(CN)n2)c1. The summed E-state index contributed by atoms with van der Waals surface area (Å²) in [6, 6.07) is 11.9. The van der Waals surface area contributed by atoms with Gasteiger partial charge in [0, 0.05) is 12.8 Å². The number of rotatable bonds is 5. The second-order valence-electron chi connectivity index (χ2n) is 4.36. The van der Waals surface area contributed by atoms with Crippen molar-refractivity contribution in [1.82, 2.24) is 4.98 Å². The van der Waals surface area contributed by atoms with Crippen LogP contribution in [-0.2, 0) is 23.0 Å². The van der Waals surface area contributed by atoms with Crippen LogP contribution >= 0.6 is 0 Å². The third-order valence-corrected chi connectivity index (χ3v) is 3.80. The van der Waals surface area contributed by atoms with Crippen LogP contribution in [0.3, 0.4) is 0 Å². The second kappa shape index (κ2) is 6.02. The molecular formula is C14H16N2O3S. The van der Waals surface area contributed by atoms with Crippen LogP contribution < -0.4 is 10.5 Å².